The molecule has 1 rings (SSSR count). The van der Waals surface area contributed by atoms with Crippen molar-refractivity contribution in [2.45, 2.75) is 51.1 Å². The highest BCUT2D eigenvalue weighted by Gasteiger charge is 2.42. The molecule has 0 amide bonds. The van der Waals surface area contributed by atoms with E-state index in [1.54, 1.807) is 0 Å². The van der Waals surface area contributed by atoms with Crippen LogP contribution in [0.15, 0.2) is 0 Å². The maximum atomic E-state index is 11.9. The summed E-state index contributed by atoms with van der Waals surface area (Å²) in [4.78, 5) is 23.2. The molecule has 0 bridgehead atoms. The number of hydrogen-bond donors (Lipinski definition) is 2. The summed E-state index contributed by atoms with van der Waals surface area (Å²) in [6.45, 7) is 4.30. The van der Waals surface area contributed by atoms with Crippen LogP contribution in [0.5, 0.6) is 0 Å². The number of rotatable bonds is 4. The van der Waals surface area contributed by atoms with Gasteiger partial charge in [-0.25, -0.2) is 9.59 Å². The zero-order chi connectivity index (χ0) is 12.2. The molecular formula is C11H20N2O3. The van der Waals surface area contributed by atoms with Gasteiger partial charge in [0.05, 0.1) is 0 Å². The van der Waals surface area contributed by atoms with Crippen LogP contribution in [0.3, 0.4) is 0 Å². The van der Waals surface area contributed by atoms with Crippen LogP contribution in [0.25, 0.3) is 0 Å². The number of nitrogens with one attached hydrogen (secondary N) is 1. The fourth-order valence-corrected chi connectivity index (χ4v) is 2.00. The van der Waals surface area contributed by atoms with Crippen LogP contribution in [-0.4, -0.2) is 30.1 Å². The van der Waals surface area contributed by atoms with E-state index in [9.17, 15) is 9.59 Å². The van der Waals surface area contributed by atoms with E-state index in [4.69, 9.17) is 10.5 Å². The Hall–Kier alpha value is -0.940. The highest BCUT2D eigenvalue weighted by molar-refractivity contribution is 5.93. The van der Waals surface area contributed by atoms with Gasteiger partial charge in [-0.2, -0.15) is 0 Å². The molecule has 3 N–H and O–H groups in total. The Morgan fingerprint density at radius 3 is 2.69 bits per heavy atom. The van der Waals surface area contributed by atoms with Crippen molar-refractivity contribution in [2.24, 2.45) is 5.73 Å². The molecule has 5 nitrogen and oxygen atoms in total. The Bertz CT molecular complexity index is 270. The summed E-state index contributed by atoms with van der Waals surface area (Å²) in [5, 5.41) is 3.15. The zero-order valence-electron chi connectivity index (χ0n) is 9.91. The molecule has 0 aromatic rings. The van der Waals surface area contributed by atoms with E-state index in [-0.39, 0.29) is 0 Å². The van der Waals surface area contributed by atoms with E-state index >= 15 is 0 Å². The van der Waals surface area contributed by atoms with Gasteiger partial charge in [0, 0.05) is 0 Å². The van der Waals surface area contributed by atoms with Crippen LogP contribution >= 0.6 is 0 Å². The first kappa shape index (κ1) is 13.1. The molecule has 0 saturated carbocycles. The van der Waals surface area contributed by atoms with Gasteiger partial charge >= 0.3 is 11.9 Å². The van der Waals surface area contributed by atoms with Crippen LogP contribution < -0.4 is 11.1 Å². The molecule has 1 fully saturated rings. The maximum absolute atomic E-state index is 11.9. The van der Waals surface area contributed by atoms with Crippen LogP contribution in [0, 0.1) is 0 Å². The van der Waals surface area contributed by atoms with Crippen LogP contribution in [0.4, 0.5) is 0 Å². The molecule has 2 atom stereocenters. The Balaban J connectivity index is 2.65. The quantitative estimate of drug-likeness (QED) is 0.535. The van der Waals surface area contributed by atoms with Gasteiger partial charge in [0.2, 0.25) is 0 Å². The average molecular weight is 228 g/mol. The Labute approximate surface area is 95.7 Å². The number of nitrogens with two attached hydrogens (primary N) is 1. The smallest absolute Gasteiger partial charge is 0.334 e. The zero-order valence-corrected chi connectivity index (χ0v) is 9.91. The predicted octanol–water partition coefficient (Wildman–Crippen LogP) is 0.326. The molecular weight excluding hydrogens is 208 g/mol. The molecule has 0 spiro atoms. The van der Waals surface area contributed by atoms with E-state index < -0.39 is 23.5 Å². The van der Waals surface area contributed by atoms with Crippen molar-refractivity contribution in [3.63, 3.8) is 0 Å². The lowest BCUT2D eigenvalue weighted by atomic mass is 9.92. The summed E-state index contributed by atoms with van der Waals surface area (Å²) in [5.74, 6) is -1.14. The molecule has 0 aromatic carbocycles. The first-order valence-electron chi connectivity index (χ1n) is 5.78. The van der Waals surface area contributed by atoms with Crippen molar-refractivity contribution < 1.29 is 14.3 Å². The molecule has 1 aliphatic rings. The number of carbonyl (C=O) groups is 2. The highest BCUT2D eigenvalue weighted by atomic mass is 16.6. The van der Waals surface area contributed by atoms with E-state index in [2.05, 4.69) is 5.32 Å². The van der Waals surface area contributed by atoms with Gasteiger partial charge in [-0.05, 0) is 32.7 Å². The molecule has 0 aliphatic carbocycles. The minimum Gasteiger partial charge on any atom is -0.391 e. The Morgan fingerprint density at radius 1 is 1.56 bits per heavy atom. The third kappa shape index (κ3) is 2.80. The minimum atomic E-state index is -0.760. The summed E-state index contributed by atoms with van der Waals surface area (Å²) in [5.41, 5.74) is 4.69. The average Bonchev–Trinajstić information content (AvgIpc) is 2.68. The van der Waals surface area contributed by atoms with Crippen LogP contribution in [0.2, 0.25) is 0 Å². The summed E-state index contributed by atoms with van der Waals surface area (Å²) in [7, 11) is 0. The third-order valence-electron chi connectivity index (χ3n) is 2.88. The topological polar surface area (TPSA) is 81.4 Å². The van der Waals surface area contributed by atoms with E-state index in [1.807, 2.05) is 6.92 Å². The second kappa shape index (κ2) is 5.41. The normalized spacial score (nSPS) is 26.4. The molecule has 5 heteroatoms. The number of carbonyl (C=O) groups excluding carboxylic acids is 2. The van der Waals surface area contributed by atoms with Crippen molar-refractivity contribution >= 4 is 11.9 Å². The second-order valence-electron chi connectivity index (χ2n) is 4.36. The fourth-order valence-electron chi connectivity index (χ4n) is 2.00. The standard InChI is InChI=1S/C11H20N2O3/c1-3-5-11(6-4-7-13-11)10(15)16-9(14)8(2)12/h8,13H,3-7,12H2,1-2H3/t8?,11-/m0/s1. The van der Waals surface area contributed by atoms with E-state index in [1.165, 1.54) is 6.92 Å². The van der Waals surface area contributed by atoms with Crippen LogP contribution in [0.1, 0.15) is 39.5 Å². The molecule has 16 heavy (non-hydrogen) atoms. The molecule has 1 saturated heterocycles. The van der Waals surface area contributed by atoms with Crippen molar-refractivity contribution in [3.05, 3.63) is 0 Å². The highest BCUT2D eigenvalue weighted by Crippen LogP contribution is 2.26. The number of hydrogen-bond acceptors (Lipinski definition) is 5. The van der Waals surface area contributed by atoms with Gasteiger partial charge in [-0.1, -0.05) is 13.3 Å². The molecule has 0 aromatic heterocycles. The van der Waals surface area contributed by atoms with Crippen molar-refractivity contribution in [3.8, 4) is 0 Å². The van der Waals surface area contributed by atoms with Gasteiger partial charge in [-0.15, -0.1) is 0 Å². The summed E-state index contributed by atoms with van der Waals surface area (Å²) < 4.78 is 4.79. The van der Waals surface area contributed by atoms with Crippen molar-refractivity contribution in [1.82, 2.24) is 5.32 Å². The molecule has 1 heterocycles. The summed E-state index contributed by atoms with van der Waals surface area (Å²) in [6.07, 6.45) is 3.22. The number of ether oxygens (including phenoxy) is 1. The van der Waals surface area contributed by atoms with Gasteiger partial charge in [0.15, 0.2) is 0 Å². The predicted molar refractivity (Wildman–Crippen MR) is 59.6 cm³/mol. The number of esters is 2. The summed E-state index contributed by atoms with van der Waals surface area (Å²) in [6, 6.07) is -0.760. The maximum Gasteiger partial charge on any atom is 0.334 e. The van der Waals surface area contributed by atoms with Crippen molar-refractivity contribution in [2.75, 3.05) is 6.54 Å². The van der Waals surface area contributed by atoms with Gasteiger partial charge in [-0.3, -0.25) is 0 Å². The SMILES string of the molecule is CCC[C@@]1(C(=O)OC(=O)C(C)N)CCCN1. The lowest BCUT2D eigenvalue weighted by molar-refractivity contribution is -0.165. The van der Waals surface area contributed by atoms with E-state index in [0.29, 0.717) is 6.42 Å². The molecule has 1 aliphatic heterocycles. The first-order chi connectivity index (χ1) is 7.52. The van der Waals surface area contributed by atoms with E-state index in [0.717, 1.165) is 25.8 Å². The molecule has 0 radical (unpaired) electrons. The van der Waals surface area contributed by atoms with Crippen molar-refractivity contribution in [1.29, 1.82) is 0 Å². The minimum absolute atomic E-state index is 0.478. The second-order valence-corrected chi connectivity index (χ2v) is 4.36. The lowest BCUT2D eigenvalue weighted by Crippen LogP contribution is -2.50. The monoisotopic (exact) mass is 228 g/mol. The van der Waals surface area contributed by atoms with Gasteiger partial charge < -0.3 is 15.8 Å². The third-order valence-corrected chi connectivity index (χ3v) is 2.88. The largest absolute Gasteiger partial charge is 0.391 e. The Kier molecular flexibility index (Phi) is 4.44. The van der Waals surface area contributed by atoms with Gasteiger partial charge in [0.25, 0.3) is 0 Å². The molecule has 1 unspecified atom stereocenters. The first-order valence-corrected chi connectivity index (χ1v) is 5.78. The Morgan fingerprint density at radius 2 is 2.25 bits per heavy atom. The lowest BCUT2D eigenvalue weighted by Gasteiger charge is -2.26. The van der Waals surface area contributed by atoms with Crippen LogP contribution in [-0.2, 0) is 14.3 Å². The van der Waals surface area contributed by atoms with Gasteiger partial charge in [0.1, 0.15) is 11.6 Å². The summed E-state index contributed by atoms with van der Waals surface area (Å²) >= 11 is 0. The fraction of sp³-hybridized carbons (Fsp3) is 0.818. The molecule has 92 valence electrons.